The molecule has 7 nitrogen and oxygen atoms in total. The molecule has 1 N–H and O–H groups in total. The molecule has 0 unspecified atom stereocenters. The number of rotatable bonds is 7. The minimum atomic E-state index is -3.61. The first kappa shape index (κ1) is 21.3. The van der Waals surface area contributed by atoms with E-state index in [2.05, 4.69) is 20.1 Å². The van der Waals surface area contributed by atoms with Gasteiger partial charge in [-0.2, -0.15) is 5.10 Å². The predicted octanol–water partition coefficient (Wildman–Crippen LogP) is 4.21. The number of pyridine rings is 1. The molecule has 0 saturated carbocycles. The SMILES string of the molecule is O=C(CCc1ccc(S(=O)(=O)c2cccc(N3CCCC3)c2)cc1)c1cnc2[nH]ncc2c1. The van der Waals surface area contributed by atoms with Gasteiger partial charge >= 0.3 is 0 Å². The number of H-pyrrole nitrogens is 1. The maximum absolute atomic E-state index is 13.2. The van der Waals surface area contributed by atoms with Crippen molar-refractivity contribution in [2.45, 2.75) is 35.5 Å². The number of aryl methyl sites for hydroxylation is 1. The third-order valence-electron chi connectivity index (χ3n) is 6.09. The van der Waals surface area contributed by atoms with Crippen LogP contribution in [0.4, 0.5) is 5.69 Å². The summed E-state index contributed by atoms with van der Waals surface area (Å²) in [6, 6.07) is 15.8. The summed E-state index contributed by atoms with van der Waals surface area (Å²) in [5, 5.41) is 7.48. The van der Waals surface area contributed by atoms with E-state index in [-0.39, 0.29) is 10.7 Å². The van der Waals surface area contributed by atoms with Gasteiger partial charge in [-0.05, 0) is 61.2 Å². The van der Waals surface area contributed by atoms with E-state index in [4.69, 9.17) is 0 Å². The number of aromatic nitrogens is 3. The third-order valence-corrected chi connectivity index (χ3v) is 7.85. The van der Waals surface area contributed by atoms with Gasteiger partial charge in [-0.15, -0.1) is 0 Å². The molecule has 33 heavy (non-hydrogen) atoms. The van der Waals surface area contributed by atoms with E-state index in [1.165, 1.54) is 0 Å². The Balaban J connectivity index is 1.27. The van der Waals surface area contributed by atoms with Gasteiger partial charge in [0, 0.05) is 42.3 Å². The molecule has 0 atom stereocenters. The Morgan fingerprint density at radius 1 is 0.970 bits per heavy atom. The van der Waals surface area contributed by atoms with Crippen LogP contribution in [0.2, 0.25) is 0 Å². The molecule has 1 fully saturated rings. The highest BCUT2D eigenvalue weighted by atomic mass is 32.2. The number of ketones is 1. The fourth-order valence-corrected chi connectivity index (χ4v) is 5.49. The van der Waals surface area contributed by atoms with Crippen LogP contribution in [0.5, 0.6) is 0 Å². The normalized spacial score (nSPS) is 14.1. The lowest BCUT2D eigenvalue weighted by atomic mass is 10.0. The Hall–Kier alpha value is -3.52. The highest BCUT2D eigenvalue weighted by Gasteiger charge is 2.20. The summed E-state index contributed by atoms with van der Waals surface area (Å²) >= 11 is 0. The summed E-state index contributed by atoms with van der Waals surface area (Å²) in [4.78, 5) is 19.6. The Kier molecular flexibility index (Phi) is 5.68. The number of hydrogen-bond donors (Lipinski definition) is 1. The molecule has 0 spiro atoms. The number of anilines is 1. The molecule has 0 amide bonds. The standard InChI is InChI=1S/C25H24N4O3S/c30-24(19-14-20-17-27-28-25(20)26-16-19)11-8-18-6-9-22(10-7-18)33(31,32)23-5-3-4-21(15-23)29-12-1-2-13-29/h3-7,9-10,14-17H,1-2,8,11-13H2,(H,26,27,28). The first-order valence-corrected chi connectivity index (χ1v) is 12.5. The summed E-state index contributed by atoms with van der Waals surface area (Å²) in [6.45, 7) is 1.92. The molecule has 2 aromatic heterocycles. The number of hydrogen-bond acceptors (Lipinski definition) is 6. The largest absolute Gasteiger partial charge is 0.372 e. The number of aromatic amines is 1. The van der Waals surface area contributed by atoms with Gasteiger partial charge in [0.25, 0.3) is 0 Å². The van der Waals surface area contributed by atoms with Crippen molar-refractivity contribution in [3.8, 4) is 0 Å². The van der Waals surface area contributed by atoms with Crippen molar-refractivity contribution in [3.63, 3.8) is 0 Å². The third kappa shape index (κ3) is 4.39. The van der Waals surface area contributed by atoms with Crippen molar-refractivity contribution >= 4 is 32.3 Å². The van der Waals surface area contributed by atoms with Gasteiger partial charge in [0.2, 0.25) is 9.84 Å². The second-order valence-corrected chi connectivity index (χ2v) is 10.2. The van der Waals surface area contributed by atoms with Crippen molar-refractivity contribution in [2.75, 3.05) is 18.0 Å². The van der Waals surface area contributed by atoms with Crippen molar-refractivity contribution in [2.24, 2.45) is 0 Å². The van der Waals surface area contributed by atoms with Gasteiger partial charge in [-0.1, -0.05) is 18.2 Å². The van der Waals surface area contributed by atoms with E-state index in [1.54, 1.807) is 60.9 Å². The smallest absolute Gasteiger partial charge is 0.206 e. The van der Waals surface area contributed by atoms with E-state index < -0.39 is 9.84 Å². The summed E-state index contributed by atoms with van der Waals surface area (Å²) < 4.78 is 26.3. The molecular weight excluding hydrogens is 436 g/mol. The number of benzene rings is 2. The fraction of sp³-hybridized carbons (Fsp3) is 0.240. The van der Waals surface area contributed by atoms with Crippen LogP contribution >= 0.6 is 0 Å². The number of sulfone groups is 1. The molecule has 0 bridgehead atoms. The van der Waals surface area contributed by atoms with Crippen LogP contribution in [0, 0.1) is 0 Å². The van der Waals surface area contributed by atoms with Crippen LogP contribution in [-0.2, 0) is 16.3 Å². The van der Waals surface area contributed by atoms with Crippen LogP contribution in [0.1, 0.15) is 35.2 Å². The summed E-state index contributed by atoms with van der Waals surface area (Å²) in [6.07, 6.45) is 6.29. The number of Topliss-reactive ketones (excluding diaryl/α,β-unsaturated/α-hetero) is 1. The molecule has 2 aromatic carbocycles. The second-order valence-electron chi connectivity index (χ2n) is 8.29. The number of fused-ring (bicyclic) bond motifs is 1. The summed E-state index contributed by atoms with van der Waals surface area (Å²) in [5.41, 5.74) is 3.05. The van der Waals surface area contributed by atoms with E-state index in [0.29, 0.717) is 28.9 Å². The number of nitrogens with one attached hydrogen (secondary N) is 1. The Morgan fingerprint density at radius 2 is 1.76 bits per heavy atom. The molecule has 0 radical (unpaired) electrons. The zero-order chi connectivity index (χ0) is 22.8. The first-order chi connectivity index (χ1) is 16.0. The van der Waals surface area contributed by atoms with E-state index >= 15 is 0 Å². The average molecular weight is 461 g/mol. The minimum absolute atomic E-state index is 0.0129. The average Bonchev–Trinajstić information content (AvgIpc) is 3.55. The zero-order valence-electron chi connectivity index (χ0n) is 18.1. The van der Waals surface area contributed by atoms with Crippen LogP contribution in [0.3, 0.4) is 0 Å². The van der Waals surface area contributed by atoms with Crippen molar-refractivity contribution in [3.05, 3.63) is 78.1 Å². The van der Waals surface area contributed by atoms with E-state index in [1.807, 2.05) is 6.07 Å². The lowest BCUT2D eigenvalue weighted by molar-refractivity contribution is 0.0982. The Labute approximate surface area is 192 Å². The maximum Gasteiger partial charge on any atom is 0.206 e. The monoisotopic (exact) mass is 460 g/mol. The molecule has 0 aliphatic carbocycles. The van der Waals surface area contributed by atoms with Crippen LogP contribution in [0.15, 0.2) is 76.8 Å². The van der Waals surface area contributed by atoms with Crippen molar-refractivity contribution < 1.29 is 13.2 Å². The lowest BCUT2D eigenvalue weighted by Crippen LogP contribution is -2.17. The van der Waals surface area contributed by atoms with Gasteiger partial charge in [-0.25, -0.2) is 13.4 Å². The highest BCUT2D eigenvalue weighted by molar-refractivity contribution is 7.91. The Morgan fingerprint density at radius 3 is 2.55 bits per heavy atom. The second kappa shape index (κ2) is 8.78. The molecule has 1 aliphatic heterocycles. The maximum atomic E-state index is 13.2. The lowest BCUT2D eigenvalue weighted by Gasteiger charge is -2.18. The molecule has 8 heteroatoms. The van der Waals surface area contributed by atoms with Crippen LogP contribution in [-0.4, -0.2) is 42.5 Å². The van der Waals surface area contributed by atoms with E-state index in [0.717, 1.165) is 42.6 Å². The minimum Gasteiger partial charge on any atom is -0.372 e. The van der Waals surface area contributed by atoms with Gasteiger partial charge in [0.05, 0.1) is 16.0 Å². The van der Waals surface area contributed by atoms with Gasteiger partial charge < -0.3 is 4.90 Å². The summed E-state index contributed by atoms with van der Waals surface area (Å²) in [5.74, 6) is -0.0129. The van der Waals surface area contributed by atoms with E-state index in [9.17, 15) is 13.2 Å². The first-order valence-electron chi connectivity index (χ1n) is 11.0. The molecular formula is C25H24N4O3S. The quantitative estimate of drug-likeness (QED) is 0.415. The molecule has 5 rings (SSSR count). The van der Waals surface area contributed by atoms with Crippen molar-refractivity contribution in [1.82, 2.24) is 15.2 Å². The fourth-order valence-electron chi connectivity index (χ4n) is 4.19. The van der Waals surface area contributed by atoms with Gasteiger partial charge in [-0.3, -0.25) is 9.89 Å². The molecule has 1 aliphatic rings. The molecule has 3 heterocycles. The molecule has 4 aromatic rings. The number of carbonyl (C=O) groups is 1. The Bertz CT molecular complexity index is 1410. The topological polar surface area (TPSA) is 96.0 Å². The van der Waals surface area contributed by atoms with Gasteiger partial charge in [0.1, 0.15) is 0 Å². The zero-order valence-corrected chi connectivity index (χ0v) is 18.9. The van der Waals surface area contributed by atoms with Crippen LogP contribution < -0.4 is 4.90 Å². The summed E-state index contributed by atoms with van der Waals surface area (Å²) in [7, 11) is -3.61. The van der Waals surface area contributed by atoms with Crippen molar-refractivity contribution in [1.29, 1.82) is 0 Å². The predicted molar refractivity (Wildman–Crippen MR) is 126 cm³/mol. The van der Waals surface area contributed by atoms with Crippen LogP contribution in [0.25, 0.3) is 11.0 Å². The number of carbonyl (C=O) groups excluding carboxylic acids is 1. The number of nitrogens with zero attached hydrogens (tertiary/aromatic N) is 3. The molecule has 168 valence electrons. The molecule has 1 saturated heterocycles. The highest BCUT2D eigenvalue weighted by Crippen LogP contribution is 2.27. The van der Waals surface area contributed by atoms with Gasteiger partial charge in [0.15, 0.2) is 11.4 Å².